The highest BCUT2D eigenvalue weighted by molar-refractivity contribution is 8.14. The Kier molecular flexibility index (Phi) is 5.34. The highest BCUT2D eigenvalue weighted by Gasteiger charge is 2.22. The van der Waals surface area contributed by atoms with Crippen LogP contribution >= 0.6 is 11.8 Å². The maximum absolute atomic E-state index is 12.0. The lowest BCUT2D eigenvalue weighted by Crippen LogP contribution is -2.14. The highest BCUT2D eigenvalue weighted by Crippen LogP contribution is 2.30. The molecule has 5 nitrogen and oxygen atoms in total. The molecule has 0 aliphatic rings. The summed E-state index contributed by atoms with van der Waals surface area (Å²) in [4.78, 5) is 22.4. The number of carbonyl (C=O) groups is 1. The van der Waals surface area contributed by atoms with E-state index in [0.717, 1.165) is 17.3 Å². The number of para-hydroxylation sites is 1. The van der Waals surface area contributed by atoms with Crippen LogP contribution < -0.4 is 5.32 Å². The number of nitro groups is 1. The molecule has 0 saturated heterocycles. The van der Waals surface area contributed by atoms with Crippen LogP contribution in [0, 0.1) is 10.1 Å². The van der Waals surface area contributed by atoms with Gasteiger partial charge in [0.15, 0.2) is 0 Å². The van der Waals surface area contributed by atoms with E-state index in [2.05, 4.69) is 5.32 Å². The second-order valence-electron chi connectivity index (χ2n) is 4.31. The standard InChI is InChI=1S/C15H14N2O3S/c18-15(16-13-9-5-2-6-10-13)21-14(11-17(19)20)12-7-3-1-4-8-12/h1-10,14H,11H2,(H,16,18). The summed E-state index contributed by atoms with van der Waals surface area (Å²) in [5.74, 6) is 0. The summed E-state index contributed by atoms with van der Waals surface area (Å²) in [6, 6.07) is 18.0. The minimum absolute atomic E-state index is 0.295. The SMILES string of the molecule is O=C(Nc1ccccc1)SC(C[N+](=O)[O-])c1ccccc1. The number of thioether (sulfide) groups is 1. The summed E-state index contributed by atoms with van der Waals surface area (Å²) in [6.45, 7) is -0.295. The number of nitrogens with zero attached hydrogens (tertiary/aromatic N) is 1. The van der Waals surface area contributed by atoms with Gasteiger partial charge in [0.2, 0.25) is 6.54 Å². The van der Waals surface area contributed by atoms with E-state index in [1.807, 2.05) is 24.3 Å². The predicted molar refractivity (Wildman–Crippen MR) is 84.1 cm³/mol. The largest absolute Gasteiger partial charge is 0.317 e. The molecule has 1 N–H and O–H groups in total. The van der Waals surface area contributed by atoms with E-state index in [-0.39, 0.29) is 11.8 Å². The number of hydrogen-bond donors (Lipinski definition) is 1. The van der Waals surface area contributed by atoms with Crippen LogP contribution in [0.15, 0.2) is 60.7 Å². The second-order valence-corrected chi connectivity index (χ2v) is 5.49. The third kappa shape index (κ3) is 4.92. The Bertz CT molecular complexity index is 605. The predicted octanol–water partition coefficient (Wildman–Crippen LogP) is 3.97. The van der Waals surface area contributed by atoms with E-state index in [9.17, 15) is 14.9 Å². The van der Waals surface area contributed by atoms with Crippen molar-refractivity contribution in [1.29, 1.82) is 0 Å². The first-order valence-electron chi connectivity index (χ1n) is 6.34. The molecule has 0 bridgehead atoms. The number of amides is 1. The van der Waals surface area contributed by atoms with Gasteiger partial charge in [-0.15, -0.1) is 0 Å². The van der Waals surface area contributed by atoms with Crippen molar-refractivity contribution < 1.29 is 9.72 Å². The van der Waals surface area contributed by atoms with Crippen molar-refractivity contribution in [2.75, 3.05) is 11.9 Å². The fourth-order valence-corrected chi connectivity index (χ4v) is 2.74. The van der Waals surface area contributed by atoms with Gasteiger partial charge >= 0.3 is 0 Å². The Balaban J connectivity index is 2.05. The maximum Gasteiger partial charge on any atom is 0.284 e. The Morgan fingerprint density at radius 2 is 1.67 bits per heavy atom. The van der Waals surface area contributed by atoms with E-state index in [1.54, 1.807) is 36.4 Å². The molecule has 1 atom stereocenters. The fraction of sp³-hybridized carbons (Fsp3) is 0.133. The minimum Gasteiger partial charge on any atom is -0.317 e. The van der Waals surface area contributed by atoms with Gasteiger partial charge < -0.3 is 5.32 Å². The van der Waals surface area contributed by atoms with Gasteiger partial charge in [0.25, 0.3) is 5.24 Å². The summed E-state index contributed by atoms with van der Waals surface area (Å²) >= 11 is 0.929. The third-order valence-corrected chi connectivity index (χ3v) is 3.78. The van der Waals surface area contributed by atoms with Gasteiger partial charge in [-0.1, -0.05) is 48.5 Å². The van der Waals surface area contributed by atoms with Gasteiger partial charge in [0.1, 0.15) is 5.25 Å². The van der Waals surface area contributed by atoms with Crippen molar-refractivity contribution >= 4 is 22.7 Å². The zero-order chi connectivity index (χ0) is 15.1. The highest BCUT2D eigenvalue weighted by atomic mass is 32.2. The van der Waals surface area contributed by atoms with Crippen LogP contribution in [0.4, 0.5) is 10.5 Å². The van der Waals surface area contributed by atoms with Crippen LogP contribution in [-0.2, 0) is 0 Å². The topological polar surface area (TPSA) is 72.2 Å². The summed E-state index contributed by atoms with van der Waals surface area (Å²) in [5, 5.41) is 12.7. The Labute approximate surface area is 126 Å². The number of rotatable bonds is 5. The van der Waals surface area contributed by atoms with Crippen LogP contribution in [0.2, 0.25) is 0 Å². The van der Waals surface area contributed by atoms with Crippen LogP contribution in [0.1, 0.15) is 10.8 Å². The first kappa shape index (κ1) is 15.1. The van der Waals surface area contributed by atoms with Crippen molar-refractivity contribution in [3.05, 3.63) is 76.3 Å². The van der Waals surface area contributed by atoms with Crippen molar-refractivity contribution in [3.8, 4) is 0 Å². The van der Waals surface area contributed by atoms with E-state index >= 15 is 0 Å². The van der Waals surface area contributed by atoms with Crippen LogP contribution in [0.5, 0.6) is 0 Å². The molecule has 0 aliphatic carbocycles. The van der Waals surface area contributed by atoms with Crippen LogP contribution in [0.25, 0.3) is 0 Å². The fourth-order valence-electron chi connectivity index (χ4n) is 1.81. The van der Waals surface area contributed by atoms with Crippen molar-refractivity contribution in [2.45, 2.75) is 5.25 Å². The first-order valence-corrected chi connectivity index (χ1v) is 7.22. The number of nitrogens with one attached hydrogen (secondary N) is 1. The zero-order valence-corrected chi connectivity index (χ0v) is 12.0. The molecule has 108 valence electrons. The van der Waals surface area contributed by atoms with Crippen molar-refractivity contribution in [3.63, 3.8) is 0 Å². The second kappa shape index (κ2) is 7.44. The molecular formula is C15H14N2O3S. The summed E-state index contributed by atoms with van der Waals surface area (Å²) in [5.41, 5.74) is 1.44. The van der Waals surface area contributed by atoms with Crippen LogP contribution in [0.3, 0.4) is 0 Å². The number of carbonyl (C=O) groups excluding carboxylic acids is 1. The normalized spacial score (nSPS) is 11.6. The van der Waals surface area contributed by atoms with Gasteiger partial charge in [0, 0.05) is 10.6 Å². The molecule has 1 amide bonds. The minimum atomic E-state index is -0.509. The maximum atomic E-state index is 12.0. The van der Waals surface area contributed by atoms with E-state index in [0.29, 0.717) is 5.69 Å². The molecule has 0 spiro atoms. The third-order valence-electron chi connectivity index (χ3n) is 2.76. The monoisotopic (exact) mass is 302 g/mol. The van der Waals surface area contributed by atoms with Gasteiger partial charge in [-0.2, -0.15) is 0 Å². The molecule has 0 aromatic heterocycles. The first-order chi connectivity index (χ1) is 10.1. The zero-order valence-electron chi connectivity index (χ0n) is 11.1. The Morgan fingerprint density at radius 1 is 1.10 bits per heavy atom. The molecule has 21 heavy (non-hydrogen) atoms. The molecule has 2 rings (SSSR count). The summed E-state index contributed by atoms with van der Waals surface area (Å²) in [7, 11) is 0. The van der Waals surface area contributed by atoms with Gasteiger partial charge in [0.05, 0.1) is 0 Å². The molecule has 6 heteroatoms. The number of anilines is 1. The Hall–Kier alpha value is -2.34. The van der Waals surface area contributed by atoms with E-state index in [4.69, 9.17) is 0 Å². The Morgan fingerprint density at radius 3 is 2.24 bits per heavy atom. The molecule has 0 radical (unpaired) electrons. The van der Waals surface area contributed by atoms with Gasteiger partial charge in [-0.05, 0) is 29.5 Å². The molecule has 1 unspecified atom stereocenters. The summed E-state index contributed by atoms with van der Waals surface area (Å²) in [6.07, 6.45) is 0. The molecule has 0 fully saturated rings. The molecule has 2 aromatic carbocycles. The van der Waals surface area contributed by atoms with E-state index in [1.165, 1.54) is 0 Å². The lowest BCUT2D eigenvalue weighted by atomic mass is 10.1. The quantitative estimate of drug-likeness (QED) is 0.670. The molecule has 0 heterocycles. The molecule has 2 aromatic rings. The number of benzene rings is 2. The molecular weight excluding hydrogens is 288 g/mol. The average molecular weight is 302 g/mol. The van der Waals surface area contributed by atoms with Gasteiger partial charge in [-0.3, -0.25) is 14.9 Å². The summed E-state index contributed by atoms with van der Waals surface area (Å²) < 4.78 is 0. The average Bonchev–Trinajstić information content (AvgIpc) is 2.48. The van der Waals surface area contributed by atoms with Crippen molar-refractivity contribution in [2.24, 2.45) is 0 Å². The number of hydrogen-bond acceptors (Lipinski definition) is 4. The lowest BCUT2D eigenvalue weighted by Gasteiger charge is -2.12. The van der Waals surface area contributed by atoms with Crippen molar-refractivity contribution in [1.82, 2.24) is 0 Å². The molecule has 0 saturated carbocycles. The van der Waals surface area contributed by atoms with E-state index < -0.39 is 10.2 Å². The van der Waals surface area contributed by atoms with Gasteiger partial charge in [-0.25, -0.2) is 0 Å². The molecule has 0 aliphatic heterocycles. The van der Waals surface area contributed by atoms with Crippen LogP contribution in [-0.4, -0.2) is 16.7 Å². The lowest BCUT2D eigenvalue weighted by molar-refractivity contribution is -0.479. The smallest absolute Gasteiger partial charge is 0.284 e.